The van der Waals surface area contributed by atoms with E-state index in [1.807, 2.05) is 12.1 Å². The van der Waals surface area contributed by atoms with Crippen LogP contribution in [0.3, 0.4) is 0 Å². The number of methoxy groups -OCH3 is 1. The van der Waals surface area contributed by atoms with Gasteiger partial charge < -0.3 is 24.7 Å². The number of pyridine rings is 1. The molecule has 0 saturated heterocycles. The molecule has 0 saturated carbocycles. The molecule has 3 N–H and O–H groups in total. The predicted molar refractivity (Wildman–Crippen MR) is 116 cm³/mol. The SMILES string of the molecule is COc1ccc(CC(=O)O)c(OCc2cc(-c3ccnc(CN)c3)c3oc(F)cc3c2)c1. The molecule has 0 unspecified atom stereocenters. The third-order valence-electron chi connectivity index (χ3n) is 4.99. The summed E-state index contributed by atoms with van der Waals surface area (Å²) in [6.45, 7) is 0.402. The van der Waals surface area contributed by atoms with Gasteiger partial charge in [-0.1, -0.05) is 6.07 Å². The third-order valence-corrected chi connectivity index (χ3v) is 4.99. The van der Waals surface area contributed by atoms with Crippen LogP contribution >= 0.6 is 0 Å². The zero-order valence-electron chi connectivity index (χ0n) is 17.3. The summed E-state index contributed by atoms with van der Waals surface area (Å²) in [4.78, 5) is 15.4. The molecule has 0 aliphatic heterocycles. The molecule has 0 amide bonds. The highest BCUT2D eigenvalue weighted by atomic mass is 19.1. The predicted octanol–water partition coefficient (Wildman–Crippen LogP) is 4.31. The lowest BCUT2D eigenvalue weighted by atomic mass is 10.0. The molecular formula is C24H21FN2O5. The van der Waals surface area contributed by atoms with Crippen molar-refractivity contribution in [3.05, 3.63) is 77.6 Å². The summed E-state index contributed by atoms with van der Waals surface area (Å²) in [5.74, 6) is -0.0135. The van der Waals surface area contributed by atoms with E-state index in [-0.39, 0.29) is 19.6 Å². The molecule has 0 bridgehead atoms. The van der Waals surface area contributed by atoms with Crippen LogP contribution in [-0.2, 0) is 24.4 Å². The average molecular weight is 436 g/mol. The topological polar surface area (TPSA) is 108 Å². The van der Waals surface area contributed by atoms with Crippen molar-refractivity contribution < 1.29 is 28.2 Å². The molecule has 0 fully saturated rings. The number of carbonyl (C=O) groups is 1. The number of halogens is 1. The highest BCUT2D eigenvalue weighted by Gasteiger charge is 2.15. The van der Waals surface area contributed by atoms with E-state index in [0.717, 1.165) is 11.1 Å². The van der Waals surface area contributed by atoms with Crippen molar-refractivity contribution in [2.45, 2.75) is 19.6 Å². The minimum absolute atomic E-state index is 0.129. The van der Waals surface area contributed by atoms with Gasteiger partial charge in [0.05, 0.1) is 19.2 Å². The van der Waals surface area contributed by atoms with Crippen molar-refractivity contribution in [1.82, 2.24) is 4.98 Å². The number of carboxylic acids is 1. The molecule has 0 spiro atoms. The molecule has 32 heavy (non-hydrogen) atoms. The molecule has 2 aromatic carbocycles. The summed E-state index contributed by atoms with van der Waals surface area (Å²) in [6, 6.07) is 12.9. The Kier molecular flexibility index (Phi) is 6.04. The van der Waals surface area contributed by atoms with Crippen molar-refractivity contribution in [3.63, 3.8) is 0 Å². The Labute approximate surface area is 183 Å². The van der Waals surface area contributed by atoms with Crippen LogP contribution in [-0.4, -0.2) is 23.2 Å². The molecule has 4 aromatic rings. The van der Waals surface area contributed by atoms with E-state index < -0.39 is 12.0 Å². The summed E-state index contributed by atoms with van der Waals surface area (Å²) in [6.07, 6.45) is 1.45. The van der Waals surface area contributed by atoms with E-state index >= 15 is 0 Å². The van der Waals surface area contributed by atoms with E-state index in [1.165, 1.54) is 13.2 Å². The Morgan fingerprint density at radius 3 is 2.78 bits per heavy atom. The molecule has 0 aliphatic rings. The summed E-state index contributed by atoms with van der Waals surface area (Å²) in [5, 5.41) is 9.77. The van der Waals surface area contributed by atoms with Gasteiger partial charge in [0.1, 0.15) is 23.7 Å². The summed E-state index contributed by atoms with van der Waals surface area (Å²) in [5.41, 5.74) is 9.56. The highest BCUT2D eigenvalue weighted by molar-refractivity contribution is 5.93. The van der Waals surface area contributed by atoms with Crippen LogP contribution in [0.1, 0.15) is 16.8 Å². The van der Waals surface area contributed by atoms with Crippen molar-refractivity contribution >= 4 is 16.9 Å². The minimum atomic E-state index is -0.967. The van der Waals surface area contributed by atoms with E-state index in [0.29, 0.717) is 39.3 Å². The van der Waals surface area contributed by atoms with Gasteiger partial charge in [-0.25, -0.2) is 0 Å². The monoisotopic (exact) mass is 436 g/mol. The van der Waals surface area contributed by atoms with Crippen LogP contribution in [0, 0.1) is 6.01 Å². The van der Waals surface area contributed by atoms with Crippen LogP contribution in [0.4, 0.5) is 4.39 Å². The Hall–Kier alpha value is -3.91. The first kappa shape index (κ1) is 21.3. The standard InChI is InChI=1S/C24H21FN2O5/c1-30-19-3-2-16(10-23(28)29)21(11-19)31-13-14-6-17-9-22(25)32-24(17)20(7-14)15-4-5-27-18(8-15)12-26/h2-9,11H,10,12-13,26H2,1H3,(H,28,29). The lowest BCUT2D eigenvalue weighted by molar-refractivity contribution is -0.136. The number of furan rings is 1. The third kappa shape index (κ3) is 4.55. The number of nitrogens with two attached hydrogens (primary N) is 1. The smallest absolute Gasteiger partial charge is 0.307 e. The first-order valence-corrected chi connectivity index (χ1v) is 9.85. The minimum Gasteiger partial charge on any atom is -0.497 e. The first-order valence-electron chi connectivity index (χ1n) is 9.85. The molecule has 7 nitrogen and oxygen atoms in total. The fourth-order valence-corrected chi connectivity index (χ4v) is 3.51. The van der Waals surface area contributed by atoms with Crippen molar-refractivity contribution in [1.29, 1.82) is 0 Å². The number of carboxylic acid groups (broad SMARTS) is 1. The second kappa shape index (κ2) is 9.07. The van der Waals surface area contributed by atoms with Crippen LogP contribution < -0.4 is 15.2 Å². The normalized spacial score (nSPS) is 11.0. The second-order valence-electron chi connectivity index (χ2n) is 7.19. The fourth-order valence-electron chi connectivity index (χ4n) is 3.51. The molecule has 2 aromatic heterocycles. The number of hydrogen-bond donors (Lipinski definition) is 2. The van der Waals surface area contributed by atoms with E-state index in [4.69, 9.17) is 19.6 Å². The van der Waals surface area contributed by atoms with Crippen LogP contribution in [0.15, 0.2) is 59.1 Å². The zero-order valence-corrected chi connectivity index (χ0v) is 17.3. The lowest BCUT2D eigenvalue weighted by Crippen LogP contribution is -2.05. The second-order valence-corrected chi connectivity index (χ2v) is 7.19. The first-order chi connectivity index (χ1) is 15.5. The largest absolute Gasteiger partial charge is 0.497 e. The Balaban J connectivity index is 1.71. The van der Waals surface area contributed by atoms with Crippen molar-refractivity contribution in [3.8, 4) is 22.6 Å². The molecule has 0 radical (unpaired) electrons. The maximum Gasteiger partial charge on any atom is 0.307 e. The van der Waals surface area contributed by atoms with Crippen LogP contribution in [0.2, 0.25) is 0 Å². The van der Waals surface area contributed by atoms with Gasteiger partial charge in [0, 0.05) is 41.4 Å². The van der Waals surface area contributed by atoms with Crippen molar-refractivity contribution in [2.24, 2.45) is 5.73 Å². The van der Waals surface area contributed by atoms with Crippen LogP contribution in [0.25, 0.3) is 22.1 Å². The number of hydrogen-bond acceptors (Lipinski definition) is 6. The average Bonchev–Trinajstić information content (AvgIpc) is 3.17. The van der Waals surface area contributed by atoms with Crippen molar-refractivity contribution in [2.75, 3.05) is 7.11 Å². The van der Waals surface area contributed by atoms with E-state index in [1.54, 1.807) is 36.5 Å². The van der Waals surface area contributed by atoms with Gasteiger partial charge in [0.25, 0.3) is 6.01 Å². The molecular weight excluding hydrogens is 415 g/mol. The highest BCUT2D eigenvalue weighted by Crippen LogP contribution is 2.33. The quantitative estimate of drug-likeness (QED) is 0.424. The number of benzene rings is 2. The molecule has 0 atom stereocenters. The Morgan fingerprint density at radius 2 is 2.03 bits per heavy atom. The Bertz CT molecular complexity index is 1280. The fraction of sp³-hybridized carbons (Fsp3) is 0.167. The molecule has 164 valence electrons. The van der Waals surface area contributed by atoms with Crippen LogP contribution in [0.5, 0.6) is 11.5 Å². The summed E-state index contributed by atoms with van der Waals surface area (Å²) < 4.78 is 30.4. The summed E-state index contributed by atoms with van der Waals surface area (Å²) in [7, 11) is 1.52. The van der Waals surface area contributed by atoms with E-state index in [2.05, 4.69) is 4.98 Å². The van der Waals surface area contributed by atoms with Gasteiger partial charge in [-0.15, -0.1) is 0 Å². The summed E-state index contributed by atoms with van der Waals surface area (Å²) >= 11 is 0. The number of aromatic nitrogens is 1. The lowest BCUT2D eigenvalue weighted by Gasteiger charge is -2.13. The van der Waals surface area contributed by atoms with Gasteiger partial charge >= 0.3 is 5.97 Å². The van der Waals surface area contributed by atoms with Gasteiger partial charge in [-0.05, 0) is 41.5 Å². The number of rotatable bonds is 8. The maximum atomic E-state index is 13.9. The van der Waals surface area contributed by atoms with Gasteiger partial charge in [0.15, 0.2) is 0 Å². The van der Waals surface area contributed by atoms with Gasteiger partial charge in [0.2, 0.25) is 0 Å². The molecule has 4 rings (SSSR count). The number of ether oxygens (including phenoxy) is 2. The number of fused-ring (bicyclic) bond motifs is 1. The molecule has 8 heteroatoms. The van der Waals surface area contributed by atoms with E-state index in [9.17, 15) is 14.3 Å². The molecule has 0 aliphatic carbocycles. The van der Waals surface area contributed by atoms with Gasteiger partial charge in [-0.3, -0.25) is 9.78 Å². The van der Waals surface area contributed by atoms with Gasteiger partial charge in [-0.2, -0.15) is 4.39 Å². The molecule has 2 heterocycles. The number of aliphatic carboxylic acids is 1. The maximum absolute atomic E-state index is 13.9. The Morgan fingerprint density at radius 1 is 1.19 bits per heavy atom. The zero-order chi connectivity index (χ0) is 22.7. The number of nitrogens with zero attached hydrogens (tertiary/aromatic N) is 1.